The Kier molecular flexibility index (Phi) is 4.98. The lowest BCUT2D eigenvalue weighted by Crippen LogP contribution is -2.29. The van der Waals surface area contributed by atoms with Gasteiger partial charge in [0.25, 0.3) is 0 Å². The summed E-state index contributed by atoms with van der Waals surface area (Å²) >= 11 is 0. The fourth-order valence-corrected chi connectivity index (χ4v) is 2.16. The van der Waals surface area contributed by atoms with Gasteiger partial charge in [-0.15, -0.1) is 0 Å². The summed E-state index contributed by atoms with van der Waals surface area (Å²) in [5.41, 5.74) is 0.449. The van der Waals surface area contributed by atoms with Crippen molar-refractivity contribution in [1.82, 2.24) is 4.90 Å². The number of hydrogen-bond acceptors (Lipinski definition) is 1. The largest absolute Gasteiger partial charge is 0.309 e. The zero-order valence-corrected chi connectivity index (χ0v) is 10.5. The van der Waals surface area contributed by atoms with Gasteiger partial charge in [-0.05, 0) is 44.3 Å². The molecule has 0 rings (SSSR count). The molecular formula is C12H27N. The smallest absolute Gasteiger partial charge is 0.00219 e. The first-order valence-electron chi connectivity index (χ1n) is 5.40. The Morgan fingerprint density at radius 3 is 1.77 bits per heavy atom. The van der Waals surface area contributed by atoms with Gasteiger partial charge in [-0.3, -0.25) is 0 Å². The Morgan fingerprint density at radius 2 is 1.54 bits per heavy atom. The molecule has 0 saturated carbocycles. The lowest BCUT2D eigenvalue weighted by molar-refractivity contribution is 0.152. The molecule has 0 spiro atoms. The van der Waals surface area contributed by atoms with Crippen LogP contribution in [0.5, 0.6) is 0 Å². The van der Waals surface area contributed by atoms with E-state index in [1.807, 2.05) is 0 Å². The van der Waals surface area contributed by atoms with E-state index >= 15 is 0 Å². The van der Waals surface area contributed by atoms with Gasteiger partial charge in [0.15, 0.2) is 0 Å². The average Bonchev–Trinajstić information content (AvgIpc) is 1.81. The molecule has 0 aliphatic carbocycles. The van der Waals surface area contributed by atoms with Crippen LogP contribution in [0.3, 0.4) is 0 Å². The molecule has 0 unspecified atom stereocenters. The van der Waals surface area contributed by atoms with Crippen LogP contribution < -0.4 is 0 Å². The van der Waals surface area contributed by atoms with E-state index in [-0.39, 0.29) is 0 Å². The molecule has 0 aromatic heterocycles. The highest BCUT2D eigenvalue weighted by Crippen LogP contribution is 2.34. The summed E-state index contributed by atoms with van der Waals surface area (Å²) in [4.78, 5) is 2.28. The SMILES string of the molecule is CC(C)[C@H](CCN(C)C)C(C)(C)C. The maximum Gasteiger partial charge on any atom is -0.00219 e. The minimum absolute atomic E-state index is 0.449. The molecule has 0 aliphatic heterocycles. The topological polar surface area (TPSA) is 3.24 Å². The normalized spacial score (nSPS) is 15.5. The number of hydrogen-bond donors (Lipinski definition) is 0. The van der Waals surface area contributed by atoms with Gasteiger partial charge in [0.05, 0.1) is 0 Å². The van der Waals surface area contributed by atoms with Crippen LogP contribution in [0.4, 0.5) is 0 Å². The zero-order valence-electron chi connectivity index (χ0n) is 10.5. The summed E-state index contributed by atoms with van der Waals surface area (Å²) in [7, 11) is 4.31. The van der Waals surface area contributed by atoms with Crippen LogP contribution >= 0.6 is 0 Å². The lowest BCUT2D eigenvalue weighted by Gasteiger charge is -2.34. The van der Waals surface area contributed by atoms with Gasteiger partial charge in [-0.2, -0.15) is 0 Å². The summed E-state index contributed by atoms with van der Waals surface area (Å²) in [6.45, 7) is 12.9. The van der Waals surface area contributed by atoms with Crippen LogP contribution in [0.1, 0.15) is 41.0 Å². The highest BCUT2D eigenvalue weighted by Gasteiger charge is 2.26. The van der Waals surface area contributed by atoms with Crippen molar-refractivity contribution in [2.24, 2.45) is 17.3 Å². The Bertz CT molecular complexity index is 131. The monoisotopic (exact) mass is 185 g/mol. The van der Waals surface area contributed by atoms with Gasteiger partial charge in [-0.25, -0.2) is 0 Å². The fraction of sp³-hybridized carbons (Fsp3) is 1.00. The molecule has 0 aliphatic rings. The average molecular weight is 185 g/mol. The van der Waals surface area contributed by atoms with E-state index in [0.29, 0.717) is 5.41 Å². The molecular weight excluding hydrogens is 158 g/mol. The molecule has 0 fully saturated rings. The van der Waals surface area contributed by atoms with Crippen molar-refractivity contribution in [3.8, 4) is 0 Å². The molecule has 0 amide bonds. The molecule has 13 heavy (non-hydrogen) atoms. The second kappa shape index (κ2) is 4.99. The number of nitrogens with zero attached hydrogens (tertiary/aromatic N) is 1. The van der Waals surface area contributed by atoms with E-state index in [2.05, 4.69) is 53.6 Å². The lowest BCUT2D eigenvalue weighted by atomic mass is 9.72. The molecule has 1 atom stereocenters. The molecule has 0 heterocycles. The molecule has 0 saturated heterocycles. The highest BCUT2D eigenvalue weighted by molar-refractivity contribution is 4.77. The van der Waals surface area contributed by atoms with Crippen LogP contribution in [0.25, 0.3) is 0 Å². The van der Waals surface area contributed by atoms with Crippen LogP contribution in [-0.4, -0.2) is 25.5 Å². The molecule has 0 radical (unpaired) electrons. The fourth-order valence-electron chi connectivity index (χ4n) is 2.16. The maximum atomic E-state index is 2.35. The maximum absolute atomic E-state index is 2.35. The second-order valence-electron chi connectivity index (χ2n) is 5.81. The zero-order chi connectivity index (χ0) is 10.6. The van der Waals surface area contributed by atoms with Gasteiger partial charge < -0.3 is 4.90 Å². The van der Waals surface area contributed by atoms with Gasteiger partial charge in [0, 0.05) is 0 Å². The molecule has 0 aromatic carbocycles. The summed E-state index contributed by atoms with van der Waals surface area (Å²) in [5, 5.41) is 0. The summed E-state index contributed by atoms with van der Waals surface area (Å²) in [6.07, 6.45) is 1.31. The predicted octanol–water partition coefficient (Wildman–Crippen LogP) is 3.26. The van der Waals surface area contributed by atoms with Crippen molar-refractivity contribution >= 4 is 0 Å². The summed E-state index contributed by atoms with van der Waals surface area (Å²) in [6, 6.07) is 0. The van der Waals surface area contributed by atoms with Crippen molar-refractivity contribution in [1.29, 1.82) is 0 Å². The first kappa shape index (κ1) is 13.0. The Labute approximate surface area is 84.5 Å². The van der Waals surface area contributed by atoms with E-state index in [1.165, 1.54) is 13.0 Å². The highest BCUT2D eigenvalue weighted by atomic mass is 15.0. The third-order valence-electron chi connectivity index (χ3n) is 2.80. The van der Waals surface area contributed by atoms with Crippen LogP contribution in [0.2, 0.25) is 0 Å². The van der Waals surface area contributed by atoms with E-state index in [1.54, 1.807) is 0 Å². The molecule has 0 bridgehead atoms. The van der Waals surface area contributed by atoms with Crippen LogP contribution in [0, 0.1) is 17.3 Å². The van der Waals surface area contributed by atoms with Gasteiger partial charge in [0.1, 0.15) is 0 Å². The van der Waals surface area contributed by atoms with Crippen LogP contribution in [-0.2, 0) is 0 Å². The quantitative estimate of drug-likeness (QED) is 0.650. The Morgan fingerprint density at radius 1 is 1.08 bits per heavy atom. The van der Waals surface area contributed by atoms with Crippen molar-refractivity contribution in [3.63, 3.8) is 0 Å². The van der Waals surface area contributed by atoms with E-state index in [9.17, 15) is 0 Å². The van der Waals surface area contributed by atoms with Crippen LogP contribution in [0.15, 0.2) is 0 Å². The van der Waals surface area contributed by atoms with Gasteiger partial charge in [0.2, 0.25) is 0 Å². The third-order valence-corrected chi connectivity index (χ3v) is 2.80. The van der Waals surface area contributed by atoms with Gasteiger partial charge >= 0.3 is 0 Å². The van der Waals surface area contributed by atoms with E-state index in [4.69, 9.17) is 0 Å². The first-order chi connectivity index (χ1) is 5.75. The third kappa shape index (κ3) is 5.30. The van der Waals surface area contributed by atoms with Gasteiger partial charge in [-0.1, -0.05) is 34.6 Å². The molecule has 1 nitrogen and oxygen atoms in total. The molecule has 0 aromatic rings. The van der Waals surface area contributed by atoms with E-state index in [0.717, 1.165) is 11.8 Å². The molecule has 0 N–H and O–H groups in total. The second-order valence-corrected chi connectivity index (χ2v) is 5.81. The molecule has 80 valence electrons. The predicted molar refractivity (Wildman–Crippen MR) is 61.0 cm³/mol. The summed E-state index contributed by atoms with van der Waals surface area (Å²) in [5.74, 6) is 1.62. The van der Waals surface area contributed by atoms with E-state index < -0.39 is 0 Å². The standard InChI is InChI=1S/C12H27N/c1-10(2)11(12(3,4)5)8-9-13(6)7/h10-11H,8-9H2,1-7H3/t11-/m0/s1. The minimum atomic E-state index is 0.449. The number of rotatable bonds is 4. The van der Waals surface area contributed by atoms with Crippen molar-refractivity contribution < 1.29 is 0 Å². The Balaban J connectivity index is 4.12. The minimum Gasteiger partial charge on any atom is -0.309 e. The van der Waals surface area contributed by atoms with Crippen molar-refractivity contribution in [3.05, 3.63) is 0 Å². The Hall–Kier alpha value is -0.0400. The van der Waals surface area contributed by atoms with Crippen molar-refractivity contribution in [2.45, 2.75) is 41.0 Å². The first-order valence-corrected chi connectivity index (χ1v) is 5.40. The summed E-state index contributed by atoms with van der Waals surface area (Å²) < 4.78 is 0. The van der Waals surface area contributed by atoms with Crippen molar-refractivity contribution in [2.75, 3.05) is 20.6 Å². The molecule has 1 heteroatoms.